The number of anilines is 2. The number of benzene rings is 2. The normalized spacial score (nSPS) is 13.5. The number of rotatable bonds is 5. The average Bonchev–Trinajstić information content (AvgIpc) is 3.36. The smallest absolute Gasteiger partial charge is 0.246 e. The summed E-state index contributed by atoms with van der Waals surface area (Å²) in [5.74, 6) is 1.18. The molecule has 0 atom stereocenters. The molecular weight excluding hydrogens is 398 g/mol. The van der Waals surface area contributed by atoms with Crippen molar-refractivity contribution in [2.45, 2.75) is 33.2 Å². The first-order valence-electron chi connectivity index (χ1n) is 9.85. The van der Waals surface area contributed by atoms with E-state index in [-0.39, 0.29) is 5.91 Å². The fraction of sp³-hybridized carbons (Fsp3) is 0.273. The van der Waals surface area contributed by atoms with Crippen LogP contribution in [0.2, 0.25) is 0 Å². The second-order valence-corrected chi connectivity index (χ2v) is 7.74. The van der Waals surface area contributed by atoms with Crippen LogP contribution in [-0.2, 0) is 11.3 Å². The van der Waals surface area contributed by atoms with Gasteiger partial charge in [-0.15, -0.1) is 0 Å². The lowest BCUT2D eigenvalue weighted by Gasteiger charge is -2.19. The Bertz CT molecular complexity index is 1080. The van der Waals surface area contributed by atoms with Gasteiger partial charge in [0.25, 0.3) is 0 Å². The van der Waals surface area contributed by atoms with Crippen molar-refractivity contribution in [2.24, 2.45) is 0 Å². The molecule has 0 aliphatic carbocycles. The van der Waals surface area contributed by atoms with E-state index in [1.54, 1.807) is 0 Å². The van der Waals surface area contributed by atoms with Crippen LogP contribution in [0.4, 0.5) is 11.4 Å². The van der Waals surface area contributed by atoms with Crippen molar-refractivity contribution in [2.75, 3.05) is 16.8 Å². The minimum absolute atomic E-state index is 0.181. The van der Waals surface area contributed by atoms with Gasteiger partial charge in [-0.2, -0.15) is 4.98 Å². The van der Waals surface area contributed by atoms with Gasteiger partial charge in [0, 0.05) is 29.9 Å². The lowest BCUT2D eigenvalue weighted by Crippen LogP contribution is -2.28. The van der Waals surface area contributed by atoms with Crippen LogP contribution >= 0.6 is 12.2 Å². The van der Waals surface area contributed by atoms with Crippen molar-refractivity contribution >= 4 is 34.6 Å². The first kappa shape index (κ1) is 20.0. The summed E-state index contributed by atoms with van der Waals surface area (Å²) in [7, 11) is 0. The summed E-state index contributed by atoms with van der Waals surface area (Å²) in [6, 6.07) is 13.8. The van der Waals surface area contributed by atoms with E-state index < -0.39 is 0 Å². The van der Waals surface area contributed by atoms with Crippen LogP contribution < -0.4 is 15.5 Å². The lowest BCUT2D eigenvalue weighted by molar-refractivity contribution is -0.117. The number of carbonyl (C=O) groups excluding carboxylic acids is 1. The molecule has 7 nitrogen and oxygen atoms in total. The van der Waals surface area contributed by atoms with Crippen LogP contribution in [0.3, 0.4) is 0 Å². The number of thiocarbonyl (C=S) groups is 1. The van der Waals surface area contributed by atoms with Gasteiger partial charge in [0.2, 0.25) is 17.6 Å². The predicted octanol–water partition coefficient (Wildman–Crippen LogP) is 3.97. The molecular formula is C22H23N5O2S. The van der Waals surface area contributed by atoms with Crippen molar-refractivity contribution in [3.8, 4) is 11.4 Å². The van der Waals surface area contributed by atoms with Crippen LogP contribution in [0.15, 0.2) is 47.0 Å². The van der Waals surface area contributed by atoms with Crippen molar-refractivity contribution in [1.29, 1.82) is 0 Å². The first-order valence-corrected chi connectivity index (χ1v) is 10.3. The molecule has 2 aromatic carbocycles. The van der Waals surface area contributed by atoms with Crippen LogP contribution in [0, 0.1) is 13.8 Å². The molecule has 4 rings (SSSR count). The number of nitrogens with zero attached hydrogens (tertiary/aromatic N) is 3. The Balaban J connectivity index is 1.33. The Morgan fingerprint density at radius 2 is 2.00 bits per heavy atom. The highest BCUT2D eigenvalue weighted by molar-refractivity contribution is 7.80. The van der Waals surface area contributed by atoms with E-state index in [9.17, 15) is 4.79 Å². The zero-order valence-corrected chi connectivity index (χ0v) is 17.8. The third-order valence-electron chi connectivity index (χ3n) is 5.00. The van der Waals surface area contributed by atoms with E-state index in [1.165, 1.54) is 5.56 Å². The largest absolute Gasteiger partial charge is 0.353 e. The lowest BCUT2D eigenvalue weighted by atomic mass is 10.1. The van der Waals surface area contributed by atoms with Gasteiger partial charge >= 0.3 is 0 Å². The quantitative estimate of drug-likeness (QED) is 0.603. The summed E-state index contributed by atoms with van der Waals surface area (Å²) < 4.78 is 5.30. The molecule has 1 aliphatic heterocycles. The highest BCUT2D eigenvalue weighted by atomic mass is 32.1. The van der Waals surface area contributed by atoms with Crippen LogP contribution in [0.1, 0.15) is 29.9 Å². The standard InChI is InChI=1S/C22H23N5O2S/c1-14-5-7-16(8-6-14)21-25-19(29-26-21)13-23-22(30)24-17-9-10-18(15(2)12-17)27-11-3-4-20(27)28/h5-10,12H,3-4,11,13H2,1-2H3,(H2,23,24,30). The maximum Gasteiger partial charge on any atom is 0.246 e. The Kier molecular flexibility index (Phi) is 5.76. The molecule has 0 unspecified atom stereocenters. The summed E-state index contributed by atoms with van der Waals surface area (Å²) in [5, 5.41) is 10.7. The van der Waals surface area contributed by atoms with Gasteiger partial charge in [-0.3, -0.25) is 4.79 Å². The van der Waals surface area contributed by atoms with E-state index in [0.717, 1.165) is 35.5 Å². The highest BCUT2D eigenvalue weighted by Crippen LogP contribution is 2.27. The van der Waals surface area contributed by atoms with Crippen LogP contribution in [0.25, 0.3) is 11.4 Å². The SMILES string of the molecule is Cc1ccc(-c2noc(CNC(=S)Nc3ccc(N4CCCC4=O)c(C)c3)n2)cc1. The molecule has 3 aromatic rings. The molecule has 0 radical (unpaired) electrons. The van der Waals surface area contributed by atoms with Gasteiger partial charge in [-0.25, -0.2) is 0 Å². The number of hydrogen-bond acceptors (Lipinski definition) is 5. The Labute approximate surface area is 180 Å². The molecule has 1 amide bonds. The van der Waals surface area contributed by atoms with Gasteiger partial charge in [0.05, 0.1) is 6.54 Å². The van der Waals surface area contributed by atoms with Crippen molar-refractivity contribution in [3.63, 3.8) is 0 Å². The number of nitrogens with one attached hydrogen (secondary N) is 2. The maximum atomic E-state index is 12.0. The monoisotopic (exact) mass is 421 g/mol. The van der Waals surface area contributed by atoms with Crippen molar-refractivity contribution in [3.05, 3.63) is 59.5 Å². The van der Waals surface area contributed by atoms with E-state index >= 15 is 0 Å². The van der Waals surface area contributed by atoms with E-state index in [0.29, 0.717) is 29.8 Å². The van der Waals surface area contributed by atoms with E-state index in [4.69, 9.17) is 16.7 Å². The Hall–Kier alpha value is -3.26. The third-order valence-corrected chi connectivity index (χ3v) is 5.24. The number of hydrogen-bond donors (Lipinski definition) is 2. The van der Waals surface area contributed by atoms with Crippen molar-refractivity contribution in [1.82, 2.24) is 15.5 Å². The van der Waals surface area contributed by atoms with Gasteiger partial charge < -0.3 is 20.1 Å². The van der Waals surface area contributed by atoms with Gasteiger partial charge in [-0.1, -0.05) is 35.0 Å². The summed E-state index contributed by atoms with van der Waals surface area (Å²) >= 11 is 5.38. The first-order chi connectivity index (χ1) is 14.5. The minimum Gasteiger partial charge on any atom is -0.353 e. The minimum atomic E-state index is 0.181. The number of aromatic nitrogens is 2. The molecule has 30 heavy (non-hydrogen) atoms. The van der Waals surface area contributed by atoms with Gasteiger partial charge in [0.15, 0.2) is 5.11 Å². The second-order valence-electron chi connectivity index (χ2n) is 7.34. The summed E-state index contributed by atoms with van der Waals surface area (Å²) in [5.41, 5.74) is 4.92. The van der Waals surface area contributed by atoms with Crippen LogP contribution in [-0.4, -0.2) is 27.7 Å². The second kappa shape index (κ2) is 8.62. The van der Waals surface area contributed by atoms with Crippen LogP contribution in [0.5, 0.6) is 0 Å². The third kappa shape index (κ3) is 4.49. The zero-order valence-electron chi connectivity index (χ0n) is 16.9. The van der Waals surface area contributed by atoms with Crippen molar-refractivity contribution < 1.29 is 9.32 Å². The Morgan fingerprint density at radius 1 is 1.20 bits per heavy atom. The molecule has 2 heterocycles. The van der Waals surface area contributed by atoms with Gasteiger partial charge in [-0.05, 0) is 56.2 Å². The highest BCUT2D eigenvalue weighted by Gasteiger charge is 2.23. The molecule has 1 fully saturated rings. The fourth-order valence-corrected chi connectivity index (χ4v) is 3.61. The number of amides is 1. The molecule has 0 bridgehead atoms. The molecule has 1 aliphatic rings. The summed E-state index contributed by atoms with van der Waals surface area (Å²) in [6.07, 6.45) is 1.53. The maximum absolute atomic E-state index is 12.0. The summed E-state index contributed by atoms with van der Waals surface area (Å²) in [4.78, 5) is 18.2. The zero-order chi connectivity index (χ0) is 21.1. The number of carbonyl (C=O) groups is 1. The predicted molar refractivity (Wildman–Crippen MR) is 120 cm³/mol. The molecule has 0 saturated carbocycles. The summed E-state index contributed by atoms with van der Waals surface area (Å²) in [6.45, 7) is 5.13. The molecule has 2 N–H and O–H groups in total. The average molecular weight is 422 g/mol. The molecule has 0 spiro atoms. The van der Waals surface area contributed by atoms with Gasteiger partial charge in [0.1, 0.15) is 0 Å². The number of aryl methyl sites for hydroxylation is 2. The molecule has 1 aromatic heterocycles. The molecule has 154 valence electrons. The Morgan fingerprint density at radius 3 is 2.70 bits per heavy atom. The molecule has 8 heteroatoms. The van der Waals surface area contributed by atoms with E-state index in [2.05, 4.69) is 20.8 Å². The van der Waals surface area contributed by atoms with E-state index in [1.807, 2.05) is 61.2 Å². The fourth-order valence-electron chi connectivity index (χ4n) is 3.42. The molecule has 1 saturated heterocycles. The topological polar surface area (TPSA) is 83.3 Å².